The van der Waals surface area contributed by atoms with Crippen molar-refractivity contribution in [2.45, 2.75) is 26.7 Å². The first kappa shape index (κ1) is 17.0. The van der Waals surface area contributed by atoms with Gasteiger partial charge < -0.3 is 15.3 Å². The SMILES string of the molecule is CC(C)CCNC(=O)N(C)CCc1ccccc1C(=O)O. The van der Waals surface area contributed by atoms with Crippen molar-refractivity contribution >= 4 is 12.0 Å². The summed E-state index contributed by atoms with van der Waals surface area (Å²) in [6.45, 7) is 5.36. The predicted octanol–water partition coefficient (Wildman–Crippen LogP) is 2.61. The second-order valence-electron chi connectivity index (χ2n) is 5.55. The minimum atomic E-state index is -0.936. The van der Waals surface area contributed by atoms with Crippen molar-refractivity contribution < 1.29 is 14.7 Å². The van der Waals surface area contributed by atoms with Crippen molar-refractivity contribution in [1.29, 1.82) is 0 Å². The van der Waals surface area contributed by atoms with E-state index in [2.05, 4.69) is 19.2 Å². The Morgan fingerprint density at radius 1 is 1.29 bits per heavy atom. The Morgan fingerprint density at radius 2 is 1.95 bits per heavy atom. The number of likely N-dealkylation sites (N-methyl/N-ethyl adjacent to an activating group) is 1. The van der Waals surface area contributed by atoms with Gasteiger partial charge in [0.05, 0.1) is 5.56 Å². The lowest BCUT2D eigenvalue weighted by Gasteiger charge is -2.19. The summed E-state index contributed by atoms with van der Waals surface area (Å²) in [5.41, 5.74) is 1.04. The number of rotatable bonds is 7. The molecule has 5 nitrogen and oxygen atoms in total. The summed E-state index contributed by atoms with van der Waals surface area (Å²) >= 11 is 0. The van der Waals surface area contributed by atoms with E-state index in [0.717, 1.165) is 12.0 Å². The Balaban J connectivity index is 2.47. The number of carboxylic acid groups (broad SMARTS) is 1. The van der Waals surface area contributed by atoms with Crippen LogP contribution in [0.3, 0.4) is 0 Å². The van der Waals surface area contributed by atoms with E-state index in [4.69, 9.17) is 5.11 Å². The summed E-state index contributed by atoms with van der Waals surface area (Å²) in [4.78, 5) is 24.6. The molecule has 0 aliphatic heterocycles. The van der Waals surface area contributed by atoms with Crippen molar-refractivity contribution in [2.24, 2.45) is 5.92 Å². The van der Waals surface area contributed by atoms with Crippen LogP contribution >= 0.6 is 0 Å². The molecule has 21 heavy (non-hydrogen) atoms. The number of hydrogen-bond donors (Lipinski definition) is 2. The molecule has 2 N–H and O–H groups in total. The summed E-state index contributed by atoms with van der Waals surface area (Å²) in [6.07, 6.45) is 1.47. The number of hydrogen-bond acceptors (Lipinski definition) is 2. The second kappa shape index (κ2) is 8.29. The fourth-order valence-electron chi connectivity index (χ4n) is 1.94. The summed E-state index contributed by atoms with van der Waals surface area (Å²) < 4.78 is 0. The summed E-state index contributed by atoms with van der Waals surface area (Å²) in [5, 5.41) is 12.0. The monoisotopic (exact) mass is 292 g/mol. The molecule has 0 saturated carbocycles. The zero-order valence-electron chi connectivity index (χ0n) is 12.9. The van der Waals surface area contributed by atoms with Crippen molar-refractivity contribution in [3.8, 4) is 0 Å². The van der Waals surface area contributed by atoms with E-state index in [1.807, 2.05) is 6.07 Å². The average Bonchev–Trinajstić information content (AvgIpc) is 2.44. The first-order valence-electron chi connectivity index (χ1n) is 7.22. The lowest BCUT2D eigenvalue weighted by Crippen LogP contribution is -2.39. The number of nitrogens with zero attached hydrogens (tertiary/aromatic N) is 1. The van der Waals surface area contributed by atoms with Gasteiger partial charge in [0.25, 0.3) is 0 Å². The number of carbonyl (C=O) groups is 2. The van der Waals surface area contributed by atoms with Gasteiger partial charge in [0.15, 0.2) is 0 Å². The van der Waals surface area contributed by atoms with Crippen molar-refractivity contribution in [3.63, 3.8) is 0 Å². The van der Waals surface area contributed by atoms with E-state index < -0.39 is 5.97 Å². The molecule has 0 unspecified atom stereocenters. The number of carbonyl (C=O) groups excluding carboxylic acids is 1. The standard InChI is InChI=1S/C16H24N2O3/c1-12(2)8-10-17-16(21)18(3)11-9-13-6-4-5-7-14(13)15(19)20/h4-7,12H,8-11H2,1-3H3,(H,17,21)(H,19,20). The van der Waals surface area contributed by atoms with Gasteiger partial charge in [-0.1, -0.05) is 32.0 Å². The number of urea groups is 1. The highest BCUT2D eigenvalue weighted by atomic mass is 16.4. The third-order valence-corrected chi connectivity index (χ3v) is 3.31. The molecule has 0 spiro atoms. The topological polar surface area (TPSA) is 69.6 Å². The van der Waals surface area contributed by atoms with E-state index in [-0.39, 0.29) is 6.03 Å². The van der Waals surface area contributed by atoms with Crippen LogP contribution in [0.1, 0.15) is 36.2 Å². The van der Waals surface area contributed by atoms with E-state index in [0.29, 0.717) is 31.0 Å². The molecular weight excluding hydrogens is 268 g/mol. The van der Waals surface area contributed by atoms with Crippen molar-refractivity contribution in [2.75, 3.05) is 20.1 Å². The van der Waals surface area contributed by atoms with Gasteiger partial charge in [-0.2, -0.15) is 0 Å². The number of benzene rings is 1. The van der Waals surface area contributed by atoms with Crippen LogP contribution in [0.25, 0.3) is 0 Å². The molecule has 1 aromatic carbocycles. The Bertz CT molecular complexity index is 486. The number of aromatic carboxylic acids is 1. The summed E-state index contributed by atoms with van der Waals surface area (Å²) in [6, 6.07) is 6.76. The number of nitrogens with one attached hydrogen (secondary N) is 1. The van der Waals surface area contributed by atoms with Crippen LogP contribution in [0, 0.1) is 5.92 Å². The average molecular weight is 292 g/mol. The van der Waals surface area contributed by atoms with Crippen LogP contribution < -0.4 is 5.32 Å². The smallest absolute Gasteiger partial charge is 0.335 e. The van der Waals surface area contributed by atoms with E-state index >= 15 is 0 Å². The molecule has 0 aromatic heterocycles. The lowest BCUT2D eigenvalue weighted by molar-refractivity contribution is 0.0695. The maximum Gasteiger partial charge on any atom is 0.335 e. The Labute approximate surface area is 126 Å². The molecule has 1 aromatic rings. The number of amides is 2. The van der Waals surface area contributed by atoms with Crippen LogP contribution in [0.2, 0.25) is 0 Å². The molecular formula is C16H24N2O3. The van der Waals surface area contributed by atoms with E-state index in [9.17, 15) is 9.59 Å². The van der Waals surface area contributed by atoms with Crippen LogP contribution in [0.4, 0.5) is 4.79 Å². The summed E-state index contributed by atoms with van der Waals surface area (Å²) in [7, 11) is 1.72. The van der Waals surface area contributed by atoms with Crippen LogP contribution in [-0.2, 0) is 6.42 Å². The molecule has 5 heteroatoms. The van der Waals surface area contributed by atoms with Gasteiger partial charge in [-0.15, -0.1) is 0 Å². The molecule has 0 saturated heterocycles. The highest BCUT2D eigenvalue weighted by molar-refractivity contribution is 5.89. The molecule has 2 amide bonds. The van der Waals surface area contributed by atoms with Gasteiger partial charge >= 0.3 is 12.0 Å². The second-order valence-corrected chi connectivity index (χ2v) is 5.55. The maximum atomic E-state index is 11.9. The van der Waals surface area contributed by atoms with Gasteiger partial charge in [-0.3, -0.25) is 0 Å². The fraction of sp³-hybridized carbons (Fsp3) is 0.500. The van der Waals surface area contributed by atoms with Gasteiger partial charge in [-0.05, 0) is 30.4 Å². The van der Waals surface area contributed by atoms with Gasteiger partial charge in [0, 0.05) is 20.1 Å². The molecule has 0 aliphatic rings. The minimum absolute atomic E-state index is 0.122. The third-order valence-electron chi connectivity index (χ3n) is 3.31. The molecule has 0 atom stereocenters. The van der Waals surface area contributed by atoms with Crippen LogP contribution in [0.5, 0.6) is 0 Å². The Kier molecular flexibility index (Phi) is 6.72. The molecule has 0 fully saturated rings. The van der Waals surface area contributed by atoms with E-state index in [1.54, 1.807) is 30.1 Å². The first-order chi connectivity index (χ1) is 9.91. The lowest BCUT2D eigenvalue weighted by atomic mass is 10.0. The molecule has 0 radical (unpaired) electrons. The zero-order valence-corrected chi connectivity index (χ0v) is 12.9. The molecule has 0 bridgehead atoms. The van der Waals surface area contributed by atoms with Crippen molar-refractivity contribution in [3.05, 3.63) is 35.4 Å². The Hall–Kier alpha value is -2.04. The number of carboxylic acids is 1. The molecule has 0 heterocycles. The van der Waals surface area contributed by atoms with Crippen LogP contribution in [0.15, 0.2) is 24.3 Å². The maximum absolute atomic E-state index is 11.9. The quantitative estimate of drug-likeness (QED) is 0.811. The zero-order chi connectivity index (χ0) is 15.8. The molecule has 1 rings (SSSR count). The van der Waals surface area contributed by atoms with Gasteiger partial charge in [-0.25, -0.2) is 9.59 Å². The largest absolute Gasteiger partial charge is 0.478 e. The molecule has 0 aliphatic carbocycles. The Morgan fingerprint density at radius 3 is 2.57 bits per heavy atom. The third kappa shape index (κ3) is 5.85. The molecule has 116 valence electrons. The fourth-order valence-corrected chi connectivity index (χ4v) is 1.94. The van der Waals surface area contributed by atoms with Gasteiger partial charge in [0.1, 0.15) is 0 Å². The predicted molar refractivity (Wildman–Crippen MR) is 82.6 cm³/mol. The summed E-state index contributed by atoms with van der Waals surface area (Å²) in [5.74, 6) is -0.382. The van der Waals surface area contributed by atoms with Crippen molar-refractivity contribution in [1.82, 2.24) is 10.2 Å². The minimum Gasteiger partial charge on any atom is -0.478 e. The highest BCUT2D eigenvalue weighted by Gasteiger charge is 2.12. The first-order valence-corrected chi connectivity index (χ1v) is 7.22. The van der Waals surface area contributed by atoms with E-state index in [1.165, 1.54) is 0 Å². The van der Waals surface area contributed by atoms with Crippen LogP contribution in [-0.4, -0.2) is 42.1 Å². The van der Waals surface area contributed by atoms with Gasteiger partial charge in [0.2, 0.25) is 0 Å². The highest BCUT2D eigenvalue weighted by Crippen LogP contribution is 2.10. The normalized spacial score (nSPS) is 10.5.